The number of urea groups is 1. The molecule has 1 aromatic carbocycles. The first-order valence-electron chi connectivity index (χ1n) is 8.76. The van der Waals surface area contributed by atoms with E-state index in [1.165, 1.54) is 23.5 Å². The zero-order valence-electron chi connectivity index (χ0n) is 14.6. The van der Waals surface area contributed by atoms with Gasteiger partial charge in [0.1, 0.15) is 11.6 Å². The van der Waals surface area contributed by atoms with E-state index >= 15 is 0 Å². The number of halogens is 2. The standard InChI is InChI=1S/C18H22F2N4O2/c1-12-11-24(21-10-17(12)25)22-18(26)23-4-2-13(3-5-23)6-14-7-15(19)9-16(20)8-14/h7-10,12-13H,2-6,11H2,1H3,(H,22,26). The van der Waals surface area contributed by atoms with Crippen LogP contribution in [0.2, 0.25) is 0 Å². The van der Waals surface area contributed by atoms with Gasteiger partial charge in [-0.25, -0.2) is 24.1 Å². The molecule has 2 aliphatic heterocycles. The van der Waals surface area contributed by atoms with Gasteiger partial charge in [-0.05, 0) is 42.9 Å². The van der Waals surface area contributed by atoms with Crippen molar-refractivity contribution in [1.29, 1.82) is 0 Å². The molecule has 1 N–H and O–H groups in total. The zero-order chi connectivity index (χ0) is 18.7. The van der Waals surface area contributed by atoms with E-state index in [1.807, 2.05) is 0 Å². The quantitative estimate of drug-likeness (QED) is 0.895. The summed E-state index contributed by atoms with van der Waals surface area (Å²) in [5.74, 6) is -1.10. The molecule has 1 aromatic rings. The molecule has 1 saturated heterocycles. The molecule has 1 unspecified atom stereocenters. The molecule has 0 aromatic heterocycles. The van der Waals surface area contributed by atoms with E-state index in [-0.39, 0.29) is 23.7 Å². The highest BCUT2D eigenvalue weighted by Crippen LogP contribution is 2.23. The SMILES string of the molecule is CC1CN(NC(=O)N2CCC(Cc3cc(F)cc(F)c3)CC2)N=CC1=O. The maximum Gasteiger partial charge on any atom is 0.337 e. The molecule has 140 valence electrons. The fraction of sp³-hybridized carbons (Fsp3) is 0.500. The average molecular weight is 364 g/mol. The first kappa shape index (κ1) is 18.3. The number of nitrogens with one attached hydrogen (secondary N) is 1. The third-order valence-corrected chi connectivity index (χ3v) is 4.83. The normalized spacial score (nSPS) is 21.2. The number of Topliss-reactive ketones (excluding diaryl/α,β-unsaturated/α-hetero) is 1. The van der Waals surface area contributed by atoms with Gasteiger partial charge in [-0.1, -0.05) is 6.92 Å². The lowest BCUT2D eigenvalue weighted by atomic mass is 9.90. The van der Waals surface area contributed by atoms with Crippen molar-refractivity contribution in [3.63, 3.8) is 0 Å². The van der Waals surface area contributed by atoms with E-state index in [1.54, 1.807) is 11.8 Å². The molecule has 0 radical (unpaired) electrons. The maximum absolute atomic E-state index is 13.3. The van der Waals surface area contributed by atoms with Crippen LogP contribution in [-0.4, -0.2) is 47.7 Å². The Morgan fingerprint density at radius 1 is 1.23 bits per heavy atom. The van der Waals surface area contributed by atoms with Crippen LogP contribution in [-0.2, 0) is 11.2 Å². The number of hydrazone groups is 1. The van der Waals surface area contributed by atoms with E-state index in [0.29, 0.717) is 31.6 Å². The third kappa shape index (κ3) is 4.56. The summed E-state index contributed by atoms with van der Waals surface area (Å²) in [5.41, 5.74) is 3.34. The van der Waals surface area contributed by atoms with Crippen molar-refractivity contribution in [2.24, 2.45) is 16.9 Å². The monoisotopic (exact) mass is 364 g/mol. The van der Waals surface area contributed by atoms with Crippen LogP contribution in [0.15, 0.2) is 23.3 Å². The van der Waals surface area contributed by atoms with E-state index in [0.717, 1.165) is 18.9 Å². The number of hydrogen-bond donors (Lipinski definition) is 1. The average Bonchev–Trinajstić information content (AvgIpc) is 2.58. The van der Waals surface area contributed by atoms with Crippen molar-refractivity contribution in [2.75, 3.05) is 19.6 Å². The highest BCUT2D eigenvalue weighted by atomic mass is 19.1. The van der Waals surface area contributed by atoms with Gasteiger partial charge in [-0.15, -0.1) is 0 Å². The van der Waals surface area contributed by atoms with Crippen LogP contribution >= 0.6 is 0 Å². The van der Waals surface area contributed by atoms with Gasteiger partial charge >= 0.3 is 6.03 Å². The van der Waals surface area contributed by atoms with E-state index in [9.17, 15) is 18.4 Å². The molecule has 0 bridgehead atoms. The predicted octanol–water partition coefficient (Wildman–Crippen LogP) is 2.35. The van der Waals surface area contributed by atoms with E-state index < -0.39 is 11.6 Å². The molecule has 0 aliphatic carbocycles. The minimum absolute atomic E-state index is 0.0508. The summed E-state index contributed by atoms with van der Waals surface area (Å²) in [5, 5.41) is 5.30. The molecule has 0 spiro atoms. The smallest absolute Gasteiger partial charge is 0.323 e. The Hall–Kier alpha value is -2.51. The highest BCUT2D eigenvalue weighted by molar-refractivity contribution is 6.28. The number of piperidine rings is 1. The molecule has 0 saturated carbocycles. The summed E-state index contributed by atoms with van der Waals surface area (Å²) in [6, 6.07) is 3.34. The maximum atomic E-state index is 13.3. The van der Waals surface area contributed by atoms with Gasteiger partial charge in [0.25, 0.3) is 0 Å². The van der Waals surface area contributed by atoms with Crippen LogP contribution < -0.4 is 5.43 Å². The highest BCUT2D eigenvalue weighted by Gasteiger charge is 2.26. The van der Waals surface area contributed by atoms with Crippen molar-refractivity contribution in [2.45, 2.75) is 26.2 Å². The molecule has 1 fully saturated rings. The molecule has 2 aliphatic rings. The molecular formula is C18H22F2N4O2. The van der Waals surface area contributed by atoms with Gasteiger partial charge in [-0.2, -0.15) is 5.10 Å². The second kappa shape index (κ2) is 7.80. The topological polar surface area (TPSA) is 65.0 Å². The summed E-state index contributed by atoms with van der Waals surface area (Å²) < 4.78 is 26.6. The number of carbonyl (C=O) groups is 2. The Morgan fingerprint density at radius 3 is 2.50 bits per heavy atom. The Labute approximate surface area is 150 Å². The molecule has 2 heterocycles. The number of hydrazine groups is 1. The van der Waals surface area contributed by atoms with Crippen molar-refractivity contribution >= 4 is 18.0 Å². The van der Waals surface area contributed by atoms with Crippen LogP contribution in [0.25, 0.3) is 0 Å². The fourth-order valence-electron chi connectivity index (χ4n) is 3.31. The van der Waals surface area contributed by atoms with Crippen molar-refractivity contribution in [3.8, 4) is 0 Å². The predicted molar refractivity (Wildman–Crippen MR) is 92.3 cm³/mol. The number of benzene rings is 1. The number of ketones is 1. The molecule has 8 heteroatoms. The van der Waals surface area contributed by atoms with E-state index in [2.05, 4.69) is 10.5 Å². The minimum Gasteiger partial charge on any atom is -0.323 e. The summed E-state index contributed by atoms with van der Waals surface area (Å²) in [6.45, 7) is 3.27. The molecular weight excluding hydrogens is 342 g/mol. The second-order valence-electron chi connectivity index (χ2n) is 6.96. The Morgan fingerprint density at radius 2 is 1.88 bits per heavy atom. The first-order chi connectivity index (χ1) is 12.4. The van der Waals surface area contributed by atoms with E-state index in [4.69, 9.17) is 0 Å². The first-order valence-corrected chi connectivity index (χ1v) is 8.76. The van der Waals surface area contributed by atoms with Crippen molar-refractivity contribution in [3.05, 3.63) is 35.4 Å². The van der Waals surface area contributed by atoms with Gasteiger partial charge in [-0.3, -0.25) is 4.79 Å². The van der Waals surface area contributed by atoms with Crippen LogP contribution in [0.5, 0.6) is 0 Å². The molecule has 6 nitrogen and oxygen atoms in total. The van der Waals surface area contributed by atoms with Gasteiger partial charge < -0.3 is 4.90 Å². The van der Waals surface area contributed by atoms with Gasteiger partial charge in [0.05, 0.1) is 12.8 Å². The largest absolute Gasteiger partial charge is 0.337 e. The van der Waals surface area contributed by atoms with Crippen molar-refractivity contribution in [1.82, 2.24) is 15.4 Å². The number of hydrogen-bond acceptors (Lipinski definition) is 4. The summed E-state index contributed by atoms with van der Waals surface area (Å²) in [4.78, 5) is 25.4. The number of amides is 2. The van der Waals surface area contributed by atoms with Gasteiger partial charge in [0.15, 0.2) is 5.78 Å². The van der Waals surface area contributed by atoms with Crippen LogP contribution in [0.1, 0.15) is 25.3 Å². The molecule has 26 heavy (non-hydrogen) atoms. The van der Waals surface area contributed by atoms with Gasteiger partial charge in [0, 0.05) is 25.1 Å². The lowest BCUT2D eigenvalue weighted by molar-refractivity contribution is -0.117. The second-order valence-corrected chi connectivity index (χ2v) is 6.96. The number of nitrogens with zero attached hydrogens (tertiary/aromatic N) is 3. The minimum atomic E-state index is -0.563. The number of rotatable bonds is 3. The Kier molecular flexibility index (Phi) is 5.49. The molecule has 1 atom stereocenters. The summed E-state index contributed by atoms with van der Waals surface area (Å²) in [7, 11) is 0. The molecule has 2 amide bonds. The zero-order valence-corrected chi connectivity index (χ0v) is 14.6. The Balaban J connectivity index is 1.48. The Bertz CT molecular complexity index is 697. The lowest BCUT2D eigenvalue weighted by Crippen LogP contribution is -2.52. The van der Waals surface area contributed by atoms with Gasteiger partial charge in [0.2, 0.25) is 0 Å². The van der Waals surface area contributed by atoms with Crippen LogP contribution in [0.4, 0.5) is 13.6 Å². The third-order valence-electron chi connectivity index (χ3n) is 4.83. The molecule has 3 rings (SSSR count). The summed E-state index contributed by atoms with van der Waals surface area (Å²) in [6.07, 6.45) is 3.35. The van der Waals surface area contributed by atoms with Crippen molar-refractivity contribution < 1.29 is 18.4 Å². The number of likely N-dealkylation sites (tertiary alicyclic amines) is 1. The van der Waals surface area contributed by atoms with Crippen LogP contribution in [0.3, 0.4) is 0 Å². The van der Waals surface area contributed by atoms with Crippen LogP contribution in [0, 0.1) is 23.5 Å². The fourth-order valence-corrected chi connectivity index (χ4v) is 3.31. The number of carbonyl (C=O) groups excluding carboxylic acids is 2. The lowest BCUT2D eigenvalue weighted by Gasteiger charge is -2.34. The summed E-state index contributed by atoms with van der Waals surface area (Å²) >= 11 is 0.